The Kier molecular flexibility index (Phi) is 3.63. The monoisotopic (exact) mass is 223 g/mol. The molecule has 2 aliphatic carbocycles. The molecular weight excluding hydrogens is 194 g/mol. The fourth-order valence-electron chi connectivity index (χ4n) is 4.39. The lowest BCUT2D eigenvalue weighted by Crippen LogP contribution is -2.55. The SMILES string of the molecule is CC1CC(C)CC(C2(N)CCCCC2C)C1. The summed E-state index contributed by atoms with van der Waals surface area (Å²) in [6.45, 7) is 7.22. The van der Waals surface area contributed by atoms with Crippen molar-refractivity contribution < 1.29 is 0 Å². The molecule has 2 aliphatic rings. The van der Waals surface area contributed by atoms with Crippen LogP contribution in [0.2, 0.25) is 0 Å². The van der Waals surface area contributed by atoms with Gasteiger partial charge in [0, 0.05) is 5.54 Å². The summed E-state index contributed by atoms with van der Waals surface area (Å²) in [7, 11) is 0. The summed E-state index contributed by atoms with van der Waals surface area (Å²) in [5.41, 5.74) is 6.97. The predicted octanol–water partition coefficient (Wildman–Crippen LogP) is 3.97. The number of hydrogen-bond acceptors (Lipinski definition) is 1. The van der Waals surface area contributed by atoms with Crippen molar-refractivity contribution in [2.75, 3.05) is 0 Å². The Bertz CT molecular complexity index is 228. The molecule has 94 valence electrons. The van der Waals surface area contributed by atoms with Crippen molar-refractivity contribution in [2.24, 2.45) is 29.4 Å². The summed E-state index contributed by atoms with van der Waals surface area (Å²) >= 11 is 0. The van der Waals surface area contributed by atoms with Crippen LogP contribution < -0.4 is 5.73 Å². The van der Waals surface area contributed by atoms with Crippen LogP contribution in [0, 0.1) is 23.7 Å². The minimum Gasteiger partial charge on any atom is -0.325 e. The van der Waals surface area contributed by atoms with Crippen molar-refractivity contribution in [3.63, 3.8) is 0 Å². The van der Waals surface area contributed by atoms with E-state index >= 15 is 0 Å². The summed E-state index contributed by atoms with van der Waals surface area (Å²) < 4.78 is 0. The van der Waals surface area contributed by atoms with E-state index in [0.717, 1.165) is 23.7 Å². The van der Waals surface area contributed by atoms with Gasteiger partial charge in [0.2, 0.25) is 0 Å². The molecule has 0 saturated heterocycles. The molecule has 4 atom stereocenters. The van der Waals surface area contributed by atoms with Gasteiger partial charge in [0.25, 0.3) is 0 Å². The molecule has 0 bridgehead atoms. The highest BCUT2D eigenvalue weighted by Crippen LogP contribution is 2.45. The highest BCUT2D eigenvalue weighted by atomic mass is 14.8. The summed E-state index contributed by atoms with van der Waals surface area (Å²) in [4.78, 5) is 0. The van der Waals surface area contributed by atoms with Crippen LogP contribution in [0.15, 0.2) is 0 Å². The van der Waals surface area contributed by atoms with Gasteiger partial charge in [-0.25, -0.2) is 0 Å². The largest absolute Gasteiger partial charge is 0.325 e. The Hall–Kier alpha value is -0.0400. The molecule has 0 aromatic carbocycles. The molecule has 0 aliphatic heterocycles. The molecule has 0 spiro atoms. The standard InChI is InChI=1S/C15H29N/c1-11-8-12(2)10-14(9-11)15(16)7-5-4-6-13(15)3/h11-14H,4-10,16H2,1-3H3. The predicted molar refractivity (Wildman–Crippen MR) is 70.2 cm³/mol. The van der Waals surface area contributed by atoms with E-state index in [0.29, 0.717) is 0 Å². The zero-order chi connectivity index (χ0) is 11.8. The third kappa shape index (κ3) is 2.30. The van der Waals surface area contributed by atoms with Crippen LogP contribution in [0.5, 0.6) is 0 Å². The van der Waals surface area contributed by atoms with E-state index < -0.39 is 0 Å². The molecule has 16 heavy (non-hydrogen) atoms. The zero-order valence-corrected chi connectivity index (χ0v) is 11.3. The fourth-order valence-corrected chi connectivity index (χ4v) is 4.39. The van der Waals surface area contributed by atoms with Gasteiger partial charge in [0.1, 0.15) is 0 Å². The van der Waals surface area contributed by atoms with E-state index in [-0.39, 0.29) is 5.54 Å². The average molecular weight is 223 g/mol. The van der Waals surface area contributed by atoms with E-state index in [9.17, 15) is 0 Å². The van der Waals surface area contributed by atoms with E-state index in [1.807, 2.05) is 0 Å². The number of nitrogens with two attached hydrogens (primary N) is 1. The molecule has 0 heterocycles. The maximum absolute atomic E-state index is 6.80. The normalized spacial score (nSPS) is 50.2. The van der Waals surface area contributed by atoms with Gasteiger partial charge in [-0.15, -0.1) is 0 Å². The fraction of sp³-hybridized carbons (Fsp3) is 1.00. The zero-order valence-electron chi connectivity index (χ0n) is 11.3. The van der Waals surface area contributed by atoms with Gasteiger partial charge >= 0.3 is 0 Å². The molecule has 0 amide bonds. The Morgan fingerprint density at radius 3 is 2.12 bits per heavy atom. The van der Waals surface area contributed by atoms with Gasteiger partial charge < -0.3 is 5.73 Å². The second-order valence-electron chi connectivity index (χ2n) is 6.87. The van der Waals surface area contributed by atoms with Crippen LogP contribution in [0.4, 0.5) is 0 Å². The Balaban J connectivity index is 2.09. The van der Waals surface area contributed by atoms with Crippen LogP contribution in [-0.2, 0) is 0 Å². The topological polar surface area (TPSA) is 26.0 Å². The molecule has 4 unspecified atom stereocenters. The van der Waals surface area contributed by atoms with Crippen molar-refractivity contribution in [1.82, 2.24) is 0 Å². The number of hydrogen-bond donors (Lipinski definition) is 1. The molecule has 2 fully saturated rings. The summed E-state index contributed by atoms with van der Waals surface area (Å²) in [6, 6.07) is 0. The van der Waals surface area contributed by atoms with Gasteiger partial charge in [-0.1, -0.05) is 33.6 Å². The highest BCUT2D eigenvalue weighted by Gasteiger charge is 2.43. The molecule has 1 nitrogen and oxygen atoms in total. The molecule has 1 heteroatoms. The van der Waals surface area contributed by atoms with Gasteiger partial charge in [0.05, 0.1) is 0 Å². The minimum atomic E-state index is 0.168. The first-order valence-corrected chi connectivity index (χ1v) is 7.31. The maximum Gasteiger partial charge on any atom is 0.0209 e. The second-order valence-corrected chi connectivity index (χ2v) is 6.87. The van der Waals surface area contributed by atoms with Crippen molar-refractivity contribution in [3.8, 4) is 0 Å². The third-order valence-corrected chi connectivity index (χ3v) is 5.35. The highest BCUT2D eigenvalue weighted by molar-refractivity contribution is 4.99. The average Bonchev–Trinajstić information content (AvgIpc) is 2.21. The van der Waals surface area contributed by atoms with Gasteiger partial charge in [-0.2, -0.15) is 0 Å². The third-order valence-electron chi connectivity index (χ3n) is 5.35. The Labute approximate surface area is 101 Å². The lowest BCUT2D eigenvalue weighted by atomic mass is 9.60. The van der Waals surface area contributed by atoms with Crippen LogP contribution in [0.1, 0.15) is 65.7 Å². The smallest absolute Gasteiger partial charge is 0.0209 e. The first kappa shape index (κ1) is 12.4. The van der Waals surface area contributed by atoms with Gasteiger partial charge in [-0.05, 0) is 55.8 Å². The maximum atomic E-state index is 6.80. The second kappa shape index (κ2) is 4.68. The molecule has 2 N–H and O–H groups in total. The van der Waals surface area contributed by atoms with E-state index in [1.165, 1.54) is 44.9 Å². The Morgan fingerprint density at radius 2 is 1.56 bits per heavy atom. The van der Waals surface area contributed by atoms with Gasteiger partial charge in [-0.3, -0.25) is 0 Å². The molecule has 2 rings (SSSR count). The quantitative estimate of drug-likeness (QED) is 0.715. The lowest BCUT2D eigenvalue weighted by molar-refractivity contribution is 0.0658. The van der Waals surface area contributed by atoms with Gasteiger partial charge in [0.15, 0.2) is 0 Å². The van der Waals surface area contributed by atoms with E-state index in [2.05, 4.69) is 20.8 Å². The Morgan fingerprint density at radius 1 is 0.938 bits per heavy atom. The van der Waals surface area contributed by atoms with Crippen LogP contribution in [0.25, 0.3) is 0 Å². The molecule has 0 aromatic rings. The summed E-state index contributed by atoms with van der Waals surface area (Å²) in [5.74, 6) is 3.32. The van der Waals surface area contributed by atoms with Crippen molar-refractivity contribution in [3.05, 3.63) is 0 Å². The molecule has 0 radical (unpaired) electrons. The summed E-state index contributed by atoms with van der Waals surface area (Å²) in [5, 5.41) is 0. The van der Waals surface area contributed by atoms with Crippen molar-refractivity contribution in [1.29, 1.82) is 0 Å². The van der Waals surface area contributed by atoms with E-state index in [4.69, 9.17) is 5.73 Å². The molecular formula is C15H29N. The first-order valence-electron chi connectivity index (χ1n) is 7.31. The lowest BCUT2D eigenvalue weighted by Gasteiger charge is -2.49. The van der Waals surface area contributed by atoms with Crippen LogP contribution >= 0.6 is 0 Å². The number of rotatable bonds is 1. The van der Waals surface area contributed by atoms with E-state index in [1.54, 1.807) is 0 Å². The van der Waals surface area contributed by atoms with Crippen molar-refractivity contribution >= 4 is 0 Å². The van der Waals surface area contributed by atoms with Crippen LogP contribution in [0.3, 0.4) is 0 Å². The van der Waals surface area contributed by atoms with Crippen LogP contribution in [-0.4, -0.2) is 5.54 Å². The first-order chi connectivity index (χ1) is 7.52. The minimum absolute atomic E-state index is 0.168. The summed E-state index contributed by atoms with van der Waals surface area (Å²) in [6.07, 6.45) is 9.57. The molecule has 2 saturated carbocycles. The molecule has 0 aromatic heterocycles. The van der Waals surface area contributed by atoms with Crippen molar-refractivity contribution in [2.45, 2.75) is 71.3 Å².